The second kappa shape index (κ2) is 8.87. The van der Waals surface area contributed by atoms with Crippen LogP contribution in [0, 0.1) is 0 Å². The van der Waals surface area contributed by atoms with Crippen molar-refractivity contribution in [2.24, 2.45) is 9.98 Å². The van der Waals surface area contributed by atoms with Crippen molar-refractivity contribution >= 4 is 66.9 Å². The van der Waals surface area contributed by atoms with Crippen molar-refractivity contribution in [1.29, 1.82) is 0 Å². The van der Waals surface area contributed by atoms with E-state index in [-0.39, 0.29) is 0 Å². The summed E-state index contributed by atoms with van der Waals surface area (Å²) in [5.41, 5.74) is 4.58. The monoisotopic (exact) mass is 539 g/mol. The number of hydrogen-bond acceptors (Lipinski definition) is 4. The first-order valence-electron chi connectivity index (χ1n) is 14.1. The van der Waals surface area contributed by atoms with Gasteiger partial charge in [-0.25, -0.2) is 9.98 Å². The average molecular weight is 540 g/mol. The van der Waals surface area contributed by atoms with E-state index in [1.165, 1.54) is 26.9 Å². The van der Waals surface area contributed by atoms with Crippen LogP contribution in [0.25, 0.3) is 43.3 Å². The van der Waals surface area contributed by atoms with Crippen LogP contribution in [-0.2, 0) is 0 Å². The van der Waals surface area contributed by atoms with E-state index in [1.54, 1.807) is 6.21 Å². The fourth-order valence-corrected chi connectivity index (χ4v) is 6.24. The van der Waals surface area contributed by atoms with E-state index >= 15 is 0 Å². The van der Waals surface area contributed by atoms with Crippen molar-refractivity contribution in [3.8, 4) is 0 Å². The molecule has 1 N–H and O–H groups in total. The zero-order valence-corrected chi connectivity index (χ0v) is 22.5. The first-order chi connectivity index (χ1) is 20.8. The Balaban J connectivity index is 1.19. The molecule has 2 aliphatic rings. The fourth-order valence-electron chi connectivity index (χ4n) is 6.24. The summed E-state index contributed by atoms with van der Waals surface area (Å²) in [7, 11) is 0. The highest BCUT2D eigenvalue weighted by molar-refractivity contribution is 6.53. The van der Waals surface area contributed by atoms with Gasteiger partial charge in [0.15, 0.2) is 6.17 Å². The van der Waals surface area contributed by atoms with E-state index in [0.29, 0.717) is 5.84 Å². The maximum atomic E-state index is 6.09. The molecule has 0 radical (unpaired) electrons. The molecule has 2 aliphatic heterocycles. The van der Waals surface area contributed by atoms with Gasteiger partial charge in [-0.2, -0.15) is 0 Å². The summed E-state index contributed by atoms with van der Waals surface area (Å²) >= 11 is 0. The molecule has 42 heavy (non-hydrogen) atoms. The van der Waals surface area contributed by atoms with E-state index < -0.39 is 6.17 Å². The molecule has 9 rings (SSSR count). The highest BCUT2D eigenvalue weighted by Gasteiger charge is 2.37. The standard InChI is InChI=1S/C37H23N4O/c1-2-9-24(10-3-1)35-39-36(41-37(40-35)34-33-29-12-6-7-13-30(29)42-31(33)21-38-34)26-18-19-28-25(20-26)17-16-23-15-14-22-8-4-5-11-27(22)32(23)28/h1-21,35H,(H,39,40,41)/q+1. The quantitative estimate of drug-likeness (QED) is 0.189. The molecular formula is C37H23N4O+. The molecule has 0 aliphatic carbocycles. The minimum Gasteiger partial charge on any atom is -0.448 e. The van der Waals surface area contributed by atoms with Gasteiger partial charge in [0.25, 0.3) is 0 Å². The van der Waals surface area contributed by atoms with Gasteiger partial charge in [0, 0.05) is 10.9 Å². The molecule has 6 aromatic carbocycles. The Labute approximate surface area is 240 Å². The summed E-state index contributed by atoms with van der Waals surface area (Å²) in [4.78, 5) is 10.2. The smallest absolute Gasteiger partial charge is 0.381 e. The molecule has 0 saturated carbocycles. The van der Waals surface area contributed by atoms with Crippen LogP contribution in [0.2, 0.25) is 0 Å². The second-order valence-corrected chi connectivity index (χ2v) is 10.7. The van der Waals surface area contributed by atoms with Crippen LogP contribution in [0.15, 0.2) is 136 Å². The first-order valence-corrected chi connectivity index (χ1v) is 14.1. The maximum absolute atomic E-state index is 6.09. The molecule has 0 bridgehead atoms. The summed E-state index contributed by atoms with van der Waals surface area (Å²) < 4.78 is 10.8. The van der Waals surface area contributed by atoms with Crippen molar-refractivity contribution in [2.75, 3.05) is 0 Å². The fraction of sp³-hybridized carbons (Fsp3) is 0.0270. The summed E-state index contributed by atoms with van der Waals surface area (Å²) in [6, 6.07) is 42.2. The van der Waals surface area contributed by atoms with Gasteiger partial charge >= 0.3 is 11.9 Å². The van der Waals surface area contributed by atoms with E-state index in [0.717, 1.165) is 50.4 Å². The number of para-hydroxylation sites is 1. The lowest BCUT2D eigenvalue weighted by Crippen LogP contribution is -2.41. The summed E-state index contributed by atoms with van der Waals surface area (Å²) in [5.74, 6) is 2.19. The Hall–Kier alpha value is -5.77. The SMILES string of the molecule is C1=[N+]=C(C2=NC(c3ccccc3)N=C(c3ccc4c(ccc5ccc6ccccc6c54)c3)N2)c2c1oc1ccccc21. The Morgan fingerprint density at radius 3 is 2.24 bits per heavy atom. The molecule has 0 amide bonds. The number of rotatable bonds is 3. The van der Waals surface area contributed by atoms with Gasteiger partial charge in [-0.05, 0) is 50.0 Å². The van der Waals surface area contributed by atoms with Gasteiger partial charge in [-0.15, -0.1) is 0 Å². The molecule has 196 valence electrons. The van der Waals surface area contributed by atoms with E-state index in [4.69, 9.17) is 19.1 Å². The lowest BCUT2D eigenvalue weighted by molar-refractivity contribution is 0.608. The minimum atomic E-state index is -0.404. The number of furan rings is 1. The lowest BCUT2D eigenvalue weighted by atomic mass is 9.95. The molecule has 3 heterocycles. The van der Waals surface area contributed by atoms with E-state index in [2.05, 4.69) is 90.2 Å². The third kappa shape index (κ3) is 3.48. The second-order valence-electron chi connectivity index (χ2n) is 10.7. The summed E-state index contributed by atoms with van der Waals surface area (Å²) in [6.07, 6.45) is 1.38. The molecule has 0 fully saturated rings. The summed E-state index contributed by atoms with van der Waals surface area (Å²) in [6.45, 7) is 0. The Morgan fingerprint density at radius 1 is 0.619 bits per heavy atom. The molecule has 1 atom stereocenters. The molecule has 5 heteroatoms. The highest BCUT2D eigenvalue weighted by atomic mass is 16.3. The van der Waals surface area contributed by atoms with Crippen molar-refractivity contribution in [3.63, 3.8) is 0 Å². The van der Waals surface area contributed by atoms with Crippen LogP contribution < -0.4 is 9.98 Å². The van der Waals surface area contributed by atoms with Crippen LogP contribution in [-0.4, -0.2) is 23.6 Å². The van der Waals surface area contributed by atoms with Crippen LogP contribution in [0.3, 0.4) is 0 Å². The van der Waals surface area contributed by atoms with Crippen LogP contribution in [0.4, 0.5) is 0 Å². The number of fused-ring (bicyclic) bond motifs is 8. The van der Waals surface area contributed by atoms with Gasteiger partial charge in [0.05, 0.1) is 0 Å². The third-order valence-corrected chi connectivity index (χ3v) is 8.23. The number of amidine groups is 2. The number of benzene rings is 6. The van der Waals surface area contributed by atoms with Gasteiger partial charge in [0.2, 0.25) is 11.6 Å². The number of nitrogens with one attached hydrogen (secondary N) is 1. The third-order valence-electron chi connectivity index (χ3n) is 8.23. The Morgan fingerprint density at radius 2 is 1.33 bits per heavy atom. The zero-order valence-electron chi connectivity index (χ0n) is 22.5. The number of aliphatic imine (C=N–C) groups is 2. The molecule has 1 aromatic heterocycles. The van der Waals surface area contributed by atoms with Crippen molar-refractivity contribution in [2.45, 2.75) is 6.17 Å². The van der Waals surface area contributed by atoms with Crippen LogP contribution in [0.5, 0.6) is 0 Å². The molecule has 1 unspecified atom stereocenters. The van der Waals surface area contributed by atoms with Crippen molar-refractivity contribution in [1.82, 2.24) is 9.98 Å². The topological polar surface area (TPSA) is 64.0 Å². The van der Waals surface area contributed by atoms with Crippen molar-refractivity contribution in [3.05, 3.63) is 144 Å². The molecule has 7 aromatic rings. The molecule has 0 spiro atoms. The maximum Gasteiger partial charge on any atom is 0.381 e. The Kier molecular flexibility index (Phi) is 4.85. The number of hydrogen-bond donors (Lipinski definition) is 1. The zero-order chi connectivity index (χ0) is 27.6. The average Bonchev–Trinajstić information content (AvgIpc) is 3.64. The van der Waals surface area contributed by atoms with Crippen LogP contribution >= 0.6 is 0 Å². The van der Waals surface area contributed by atoms with Gasteiger partial charge in [-0.3, -0.25) is 0 Å². The predicted molar refractivity (Wildman–Crippen MR) is 173 cm³/mol. The van der Waals surface area contributed by atoms with Crippen molar-refractivity contribution < 1.29 is 4.42 Å². The van der Waals surface area contributed by atoms with Gasteiger partial charge in [-0.1, -0.05) is 114 Å². The largest absolute Gasteiger partial charge is 0.448 e. The minimum absolute atomic E-state index is 0.404. The highest BCUT2D eigenvalue weighted by Crippen LogP contribution is 2.34. The predicted octanol–water partition coefficient (Wildman–Crippen LogP) is 7.33. The molecular weight excluding hydrogens is 516 g/mol. The van der Waals surface area contributed by atoms with E-state index in [9.17, 15) is 0 Å². The number of nitrogens with zero attached hydrogens (tertiary/aromatic N) is 3. The molecule has 0 saturated heterocycles. The lowest BCUT2D eigenvalue weighted by Gasteiger charge is -2.20. The van der Waals surface area contributed by atoms with E-state index in [1.807, 2.05) is 36.4 Å². The molecule has 5 nitrogen and oxygen atoms in total. The van der Waals surface area contributed by atoms with Crippen LogP contribution in [0.1, 0.15) is 28.6 Å². The summed E-state index contributed by atoms with van der Waals surface area (Å²) in [5, 5.41) is 12.0. The Bertz CT molecular complexity index is 2370. The van der Waals surface area contributed by atoms with Gasteiger partial charge < -0.3 is 9.73 Å². The van der Waals surface area contributed by atoms with Gasteiger partial charge in [0.1, 0.15) is 17.0 Å². The normalized spacial score (nSPS) is 16.0. The first kappa shape index (κ1) is 23.0.